The quantitative estimate of drug-likeness (QED) is 0.0303. The van der Waals surface area contributed by atoms with Crippen LogP contribution in [0.4, 0.5) is 0 Å². The first-order valence-electron chi connectivity index (χ1n) is 18.0. The number of rotatable bonds is 33. The number of phosphoric acid groups is 1. The summed E-state index contributed by atoms with van der Waals surface area (Å²) >= 11 is 0. The predicted octanol–water partition coefficient (Wildman–Crippen LogP) is 9.43. The van der Waals surface area contributed by atoms with E-state index >= 15 is 0 Å². The van der Waals surface area contributed by atoms with Crippen LogP contribution in [0.3, 0.4) is 0 Å². The van der Waals surface area contributed by atoms with Crippen LogP contribution in [0.5, 0.6) is 0 Å². The number of hydrogen-bond acceptors (Lipinski definition) is 8. The number of hydrogen-bond donors (Lipinski definition) is 2. The van der Waals surface area contributed by atoms with Crippen molar-refractivity contribution in [1.82, 2.24) is 0 Å². The average Bonchev–Trinajstić information content (AvgIpc) is 3.04. The van der Waals surface area contributed by atoms with E-state index in [0.29, 0.717) is 6.42 Å². The van der Waals surface area contributed by atoms with E-state index in [9.17, 15) is 19.0 Å². The molecule has 0 heterocycles. The molecule has 0 aliphatic carbocycles. The van der Waals surface area contributed by atoms with Gasteiger partial charge in [0.25, 0.3) is 0 Å². The Morgan fingerprint density at radius 3 is 1.67 bits per heavy atom. The normalized spacial score (nSPS) is 13.9. The molecule has 0 spiro atoms. The molecule has 0 aromatic carbocycles. The van der Waals surface area contributed by atoms with Gasteiger partial charge in [-0.15, -0.1) is 0 Å². The summed E-state index contributed by atoms with van der Waals surface area (Å²) in [7, 11) is -4.37. The summed E-state index contributed by atoms with van der Waals surface area (Å²) < 4.78 is 32.5. The van der Waals surface area contributed by atoms with Gasteiger partial charge >= 0.3 is 19.8 Å². The van der Waals surface area contributed by atoms with Crippen LogP contribution in [0.1, 0.15) is 149 Å². The fraction of sp³-hybridized carbons (Fsp3) is 0.778. The maximum atomic E-state index is 12.5. The van der Waals surface area contributed by atoms with Gasteiger partial charge in [0, 0.05) is 19.4 Å². The van der Waals surface area contributed by atoms with Gasteiger partial charge < -0.3 is 20.1 Å². The second-order valence-corrected chi connectivity index (χ2v) is 13.2. The monoisotopic (exact) mass is 671 g/mol. The van der Waals surface area contributed by atoms with Crippen LogP contribution >= 0.6 is 7.82 Å². The molecule has 0 aromatic rings. The number of allylic oxidation sites excluding steroid dienone is 6. The Labute approximate surface area is 280 Å². The van der Waals surface area contributed by atoms with Gasteiger partial charge in [-0.3, -0.25) is 18.6 Å². The molecule has 0 amide bonds. The lowest BCUT2D eigenvalue weighted by molar-refractivity contribution is -0.161. The van der Waals surface area contributed by atoms with Crippen LogP contribution in [-0.2, 0) is 32.7 Å². The van der Waals surface area contributed by atoms with Gasteiger partial charge in [-0.2, -0.15) is 0 Å². The topological polar surface area (TPSA) is 134 Å². The molecule has 0 aromatic heterocycles. The zero-order valence-electron chi connectivity index (χ0n) is 29.0. The van der Waals surface area contributed by atoms with E-state index in [1.807, 2.05) is 0 Å². The van der Waals surface area contributed by atoms with Crippen LogP contribution < -0.4 is 5.73 Å². The van der Waals surface area contributed by atoms with Crippen LogP contribution in [0.25, 0.3) is 0 Å². The zero-order chi connectivity index (χ0) is 34.0. The van der Waals surface area contributed by atoms with Crippen LogP contribution in [0, 0.1) is 0 Å². The van der Waals surface area contributed by atoms with Crippen molar-refractivity contribution in [2.45, 2.75) is 155 Å². The molecule has 0 saturated carbocycles. The number of phosphoric ester groups is 1. The van der Waals surface area contributed by atoms with E-state index in [0.717, 1.165) is 89.9 Å². The first kappa shape index (κ1) is 44.2. The van der Waals surface area contributed by atoms with Crippen molar-refractivity contribution in [2.75, 3.05) is 26.4 Å². The number of unbranched alkanes of at least 4 members (excludes halogenated alkanes) is 14. The smallest absolute Gasteiger partial charge is 0.462 e. The molecular weight excluding hydrogens is 605 g/mol. The molecule has 0 aliphatic heterocycles. The molecule has 0 bridgehead atoms. The fourth-order valence-electron chi connectivity index (χ4n) is 4.51. The van der Waals surface area contributed by atoms with Gasteiger partial charge in [0.15, 0.2) is 6.10 Å². The van der Waals surface area contributed by atoms with E-state index in [1.54, 1.807) is 0 Å². The molecule has 0 aliphatic rings. The molecule has 3 N–H and O–H groups in total. The Morgan fingerprint density at radius 2 is 1.13 bits per heavy atom. The van der Waals surface area contributed by atoms with Crippen LogP contribution in [0.15, 0.2) is 36.5 Å². The Kier molecular flexibility index (Phi) is 31.9. The molecule has 0 radical (unpaired) electrons. The van der Waals surface area contributed by atoms with E-state index in [2.05, 4.69) is 50.3 Å². The molecule has 0 rings (SSSR count). The van der Waals surface area contributed by atoms with E-state index in [-0.39, 0.29) is 32.6 Å². The first-order chi connectivity index (χ1) is 22.3. The highest BCUT2D eigenvalue weighted by Gasteiger charge is 2.25. The second kappa shape index (κ2) is 33.1. The van der Waals surface area contributed by atoms with Crippen LogP contribution in [-0.4, -0.2) is 49.3 Å². The van der Waals surface area contributed by atoms with Crippen LogP contribution in [0.2, 0.25) is 0 Å². The second-order valence-electron chi connectivity index (χ2n) is 11.7. The van der Waals surface area contributed by atoms with E-state index in [4.69, 9.17) is 24.3 Å². The zero-order valence-corrected chi connectivity index (χ0v) is 29.9. The van der Waals surface area contributed by atoms with Gasteiger partial charge in [0.1, 0.15) is 6.61 Å². The van der Waals surface area contributed by atoms with E-state index < -0.39 is 32.5 Å². The Bertz CT molecular complexity index is 861. The molecule has 0 fully saturated rings. The van der Waals surface area contributed by atoms with Crippen molar-refractivity contribution < 1.29 is 37.6 Å². The van der Waals surface area contributed by atoms with Gasteiger partial charge in [0.05, 0.1) is 13.2 Å². The third-order valence-corrected chi connectivity index (χ3v) is 8.23. The lowest BCUT2D eigenvalue weighted by atomic mass is 10.1. The first-order valence-corrected chi connectivity index (χ1v) is 19.5. The van der Waals surface area contributed by atoms with Crippen molar-refractivity contribution in [1.29, 1.82) is 0 Å². The molecule has 0 saturated heterocycles. The molecule has 2 atom stereocenters. The summed E-state index contributed by atoms with van der Waals surface area (Å²) in [4.78, 5) is 34.6. The van der Waals surface area contributed by atoms with Crippen molar-refractivity contribution in [3.05, 3.63) is 36.5 Å². The maximum Gasteiger partial charge on any atom is 0.472 e. The third-order valence-electron chi connectivity index (χ3n) is 7.25. The minimum atomic E-state index is -4.37. The van der Waals surface area contributed by atoms with Gasteiger partial charge in [-0.25, -0.2) is 4.57 Å². The molecular formula is C36H66NO8P. The Morgan fingerprint density at radius 1 is 0.652 bits per heavy atom. The maximum absolute atomic E-state index is 12.5. The summed E-state index contributed by atoms with van der Waals surface area (Å²) in [6.45, 7) is 3.60. The Hall–Kier alpha value is -1.77. The van der Waals surface area contributed by atoms with Crippen molar-refractivity contribution >= 4 is 19.8 Å². The highest BCUT2D eigenvalue weighted by atomic mass is 31.2. The summed E-state index contributed by atoms with van der Waals surface area (Å²) in [5.41, 5.74) is 5.32. The molecule has 46 heavy (non-hydrogen) atoms. The van der Waals surface area contributed by atoms with Gasteiger partial charge in [-0.05, 0) is 57.8 Å². The molecule has 268 valence electrons. The van der Waals surface area contributed by atoms with Crippen molar-refractivity contribution in [3.8, 4) is 0 Å². The van der Waals surface area contributed by atoms with Gasteiger partial charge in [-0.1, -0.05) is 115 Å². The molecule has 9 nitrogen and oxygen atoms in total. The third kappa shape index (κ3) is 32.2. The van der Waals surface area contributed by atoms with Crippen molar-refractivity contribution in [2.24, 2.45) is 5.73 Å². The number of nitrogens with two attached hydrogens (primary N) is 1. The highest BCUT2D eigenvalue weighted by Crippen LogP contribution is 2.43. The summed E-state index contributed by atoms with van der Waals surface area (Å²) in [5, 5.41) is 0. The van der Waals surface area contributed by atoms with Crippen molar-refractivity contribution in [3.63, 3.8) is 0 Å². The summed E-state index contributed by atoms with van der Waals surface area (Å²) in [6, 6.07) is 0. The standard InChI is InChI=1S/C36H66NO8P/c1-3-5-7-9-11-13-15-16-17-19-21-23-25-27-29-36(39)45-34(33-44-46(40,41)43-31-30-37)32-42-35(38)28-26-24-22-20-18-14-12-10-8-6-4-2/h9-12,15-16,34H,3-8,13-14,17-33,37H2,1-2H3,(H,40,41)/b11-9+,12-10+,16-15+/t34-/m1/s1. The summed E-state index contributed by atoms with van der Waals surface area (Å²) in [6.07, 6.45) is 33.2. The number of ether oxygens (including phenoxy) is 2. The number of carbonyl (C=O) groups is 2. The average molecular weight is 672 g/mol. The SMILES string of the molecule is CCCC/C=C/C/C=C/CCCCCCCC(=O)O[C@H](COC(=O)CCCCCCC/C=C/CCCC)COP(=O)(O)OCCN. The Balaban J connectivity index is 4.30. The highest BCUT2D eigenvalue weighted by molar-refractivity contribution is 7.47. The van der Waals surface area contributed by atoms with E-state index in [1.165, 1.54) is 25.7 Å². The largest absolute Gasteiger partial charge is 0.472 e. The lowest BCUT2D eigenvalue weighted by Crippen LogP contribution is -2.29. The number of esters is 2. The van der Waals surface area contributed by atoms with Gasteiger partial charge in [0.2, 0.25) is 0 Å². The minimum Gasteiger partial charge on any atom is -0.462 e. The molecule has 1 unspecified atom stereocenters. The lowest BCUT2D eigenvalue weighted by Gasteiger charge is -2.19. The fourth-order valence-corrected chi connectivity index (χ4v) is 5.28. The minimum absolute atomic E-state index is 0.0491. The predicted molar refractivity (Wildman–Crippen MR) is 187 cm³/mol. The number of carbonyl (C=O) groups excluding carboxylic acids is 2. The molecule has 10 heteroatoms. The summed E-state index contributed by atoms with van der Waals surface area (Å²) in [5.74, 6) is -0.861.